The van der Waals surface area contributed by atoms with E-state index in [2.05, 4.69) is 0 Å². The first-order chi connectivity index (χ1) is 6.06. The fraction of sp³-hybridized carbons (Fsp3) is 0.444. The number of hydrogen-bond donors (Lipinski definition) is 0. The number of aromatic nitrogens is 1. The Labute approximate surface area is 75.8 Å². The first kappa shape index (κ1) is 9.77. The molecule has 13 heavy (non-hydrogen) atoms. The summed E-state index contributed by atoms with van der Waals surface area (Å²) in [7, 11) is 1.35. The Bertz CT molecular complexity index is 357. The van der Waals surface area contributed by atoms with Crippen LogP contribution in [0.25, 0.3) is 0 Å². The molecule has 0 aliphatic carbocycles. The van der Waals surface area contributed by atoms with Crippen LogP contribution in [0.2, 0.25) is 0 Å². The Balaban J connectivity index is 3.36. The second kappa shape index (κ2) is 3.60. The van der Waals surface area contributed by atoms with E-state index in [0.717, 1.165) is 6.07 Å². The van der Waals surface area contributed by atoms with Gasteiger partial charge in [0.2, 0.25) is 0 Å². The highest BCUT2D eigenvalue weighted by atomic mass is 19.1. The second-order valence-electron chi connectivity index (χ2n) is 3.03. The number of nitrogens with zero attached hydrogens (tertiary/aromatic N) is 1. The highest BCUT2D eigenvalue weighted by Crippen LogP contribution is 2.09. The van der Waals surface area contributed by atoms with Crippen LogP contribution in [-0.4, -0.2) is 11.7 Å². The van der Waals surface area contributed by atoms with E-state index >= 15 is 0 Å². The summed E-state index contributed by atoms with van der Waals surface area (Å²) < 4.78 is 19.0. The number of hydrogen-bond acceptors (Lipinski definition) is 2. The molecule has 72 valence electrons. The minimum absolute atomic E-state index is 0.0358. The van der Waals surface area contributed by atoms with Crippen molar-refractivity contribution in [1.29, 1.82) is 0 Å². The van der Waals surface area contributed by atoms with Crippen molar-refractivity contribution in [2.75, 3.05) is 7.11 Å². The van der Waals surface area contributed by atoms with Crippen LogP contribution in [0.1, 0.15) is 19.9 Å². The number of pyridine rings is 1. The van der Waals surface area contributed by atoms with Crippen molar-refractivity contribution < 1.29 is 9.13 Å². The largest absolute Gasteiger partial charge is 0.491 e. The van der Waals surface area contributed by atoms with E-state index in [4.69, 9.17) is 4.74 Å². The summed E-state index contributed by atoms with van der Waals surface area (Å²) in [4.78, 5) is 11.5. The average molecular weight is 185 g/mol. The zero-order chi connectivity index (χ0) is 10.0. The topological polar surface area (TPSA) is 31.2 Å². The van der Waals surface area contributed by atoms with Crippen LogP contribution in [0.3, 0.4) is 0 Å². The molecule has 3 nitrogen and oxygen atoms in total. The Morgan fingerprint density at radius 2 is 2.15 bits per heavy atom. The highest BCUT2D eigenvalue weighted by Gasteiger charge is 2.08. The molecule has 0 aromatic carbocycles. The van der Waals surface area contributed by atoms with Crippen molar-refractivity contribution >= 4 is 0 Å². The molecular formula is C9H12FNO2. The second-order valence-corrected chi connectivity index (χ2v) is 3.03. The van der Waals surface area contributed by atoms with Crippen molar-refractivity contribution in [3.05, 3.63) is 28.4 Å². The highest BCUT2D eigenvalue weighted by molar-refractivity contribution is 5.18. The molecule has 0 saturated heterocycles. The minimum atomic E-state index is -0.467. The molecule has 0 unspecified atom stereocenters. The fourth-order valence-electron chi connectivity index (χ4n) is 1.07. The molecule has 0 N–H and O–H groups in total. The monoisotopic (exact) mass is 185 g/mol. The maximum atomic E-state index is 12.9. The molecule has 1 aromatic heterocycles. The van der Waals surface area contributed by atoms with Crippen LogP contribution in [-0.2, 0) is 0 Å². The van der Waals surface area contributed by atoms with Gasteiger partial charge in [0, 0.05) is 18.3 Å². The van der Waals surface area contributed by atoms with E-state index in [1.165, 1.54) is 17.9 Å². The Kier molecular flexibility index (Phi) is 2.70. The summed E-state index contributed by atoms with van der Waals surface area (Å²) >= 11 is 0. The summed E-state index contributed by atoms with van der Waals surface area (Å²) in [6.45, 7) is 3.61. The lowest BCUT2D eigenvalue weighted by molar-refractivity contribution is 0.392. The zero-order valence-electron chi connectivity index (χ0n) is 7.87. The lowest BCUT2D eigenvalue weighted by Crippen LogP contribution is -2.23. The van der Waals surface area contributed by atoms with Gasteiger partial charge in [0.1, 0.15) is 5.82 Å². The summed E-state index contributed by atoms with van der Waals surface area (Å²) in [5.74, 6) is -0.432. The average Bonchev–Trinajstić information content (AvgIpc) is 2.08. The summed E-state index contributed by atoms with van der Waals surface area (Å²) in [6.07, 6.45) is 1.18. The van der Waals surface area contributed by atoms with Crippen molar-refractivity contribution in [2.45, 2.75) is 19.9 Å². The quantitative estimate of drug-likeness (QED) is 0.700. The van der Waals surface area contributed by atoms with Gasteiger partial charge in [-0.1, -0.05) is 0 Å². The SMILES string of the molecule is COc1cc(F)cn(C(C)C)c1=O. The van der Waals surface area contributed by atoms with E-state index < -0.39 is 5.82 Å². The van der Waals surface area contributed by atoms with Crippen molar-refractivity contribution in [1.82, 2.24) is 4.57 Å². The Morgan fingerprint density at radius 1 is 1.54 bits per heavy atom. The molecule has 0 spiro atoms. The third-order valence-corrected chi connectivity index (χ3v) is 1.75. The Hall–Kier alpha value is -1.32. The molecule has 1 heterocycles. The van der Waals surface area contributed by atoms with Crippen LogP contribution < -0.4 is 10.3 Å². The van der Waals surface area contributed by atoms with E-state index in [0.29, 0.717) is 0 Å². The molecule has 1 rings (SSSR count). The van der Waals surface area contributed by atoms with Crippen molar-refractivity contribution in [3.63, 3.8) is 0 Å². The van der Waals surface area contributed by atoms with Gasteiger partial charge >= 0.3 is 0 Å². The van der Waals surface area contributed by atoms with Gasteiger partial charge in [-0.3, -0.25) is 4.79 Å². The number of ether oxygens (including phenoxy) is 1. The van der Waals surface area contributed by atoms with E-state index in [1.54, 1.807) is 13.8 Å². The molecule has 0 fully saturated rings. The van der Waals surface area contributed by atoms with Crippen molar-refractivity contribution in [2.24, 2.45) is 0 Å². The van der Waals surface area contributed by atoms with Gasteiger partial charge in [-0.2, -0.15) is 0 Å². The summed E-state index contributed by atoms with van der Waals surface area (Å²) in [6, 6.07) is 1.01. The number of halogens is 1. The summed E-state index contributed by atoms with van der Waals surface area (Å²) in [5, 5.41) is 0. The van der Waals surface area contributed by atoms with Gasteiger partial charge in [0.25, 0.3) is 5.56 Å². The molecule has 0 radical (unpaired) electrons. The smallest absolute Gasteiger partial charge is 0.293 e. The van der Waals surface area contributed by atoms with Crippen LogP contribution in [0.15, 0.2) is 17.1 Å². The predicted octanol–water partition coefficient (Wildman–Crippen LogP) is 1.58. The maximum absolute atomic E-state index is 12.9. The van der Waals surface area contributed by atoms with Gasteiger partial charge in [0.05, 0.1) is 7.11 Å². The molecule has 0 amide bonds. The predicted molar refractivity (Wildman–Crippen MR) is 47.6 cm³/mol. The first-order valence-electron chi connectivity index (χ1n) is 4.02. The summed E-state index contributed by atoms with van der Waals surface area (Å²) in [5.41, 5.74) is -0.307. The first-order valence-corrected chi connectivity index (χ1v) is 4.02. The third kappa shape index (κ3) is 1.88. The molecule has 1 aromatic rings. The van der Waals surface area contributed by atoms with Crippen LogP contribution in [0.4, 0.5) is 4.39 Å². The molecule has 0 bridgehead atoms. The van der Waals surface area contributed by atoms with Gasteiger partial charge in [-0.15, -0.1) is 0 Å². The molecule has 0 aliphatic heterocycles. The maximum Gasteiger partial charge on any atom is 0.293 e. The lowest BCUT2D eigenvalue weighted by atomic mass is 10.3. The van der Waals surface area contributed by atoms with Gasteiger partial charge in [-0.05, 0) is 13.8 Å². The van der Waals surface area contributed by atoms with E-state index in [9.17, 15) is 9.18 Å². The molecule has 0 aliphatic rings. The molecule has 0 atom stereocenters. The number of rotatable bonds is 2. The van der Waals surface area contributed by atoms with Gasteiger partial charge in [-0.25, -0.2) is 4.39 Å². The third-order valence-electron chi connectivity index (χ3n) is 1.75. The van der Waals surface area contributed by atoms with Gasteiger partial charge < -0.3 is 9.30 Å². The molecule has 4 heteroatoms. The zero-order valence-corrected chi connectivity index (χ0v) is 7.87. The standard InChI is InChI=1S/C9H12FNO2/c1-6(2)11-5-7(10)4-8(13-3)9(11)12/h4-6H,1-3H3. The van der Waals surface area contributed by atoms with Crippen LogP contribution >= 0.6 is 0 Å². The molecule has 0 saturated carbocycles. The number of methoxy groups -OCH3 is 1. The fourth-order valence-corrected chi connectivity index (χ4v) is 1.07. The van der Waals surface area contributed by atoms with Crippen LogP contribution in [0, 0.1) is 5.82 Å². The Morgan fingerprint density at radius 3 is 2.62 bits per heavy atom. The van der Waals surface area contributed by atoms with E-state index in [1.807, 2.05) is 0 Å². The van der Waals surface area contributed by atoms with Crippen LogP contribution in [0.5, 0.6) is 5.75 Å². The lowest BCUT2D eigenvalue weighted by Gasteiger charge is -2.10. The van der Waals surface area contributed by atoms with Crippen molar-refractivity contribution in [3.8, 4) is 5.75 Å². The van der Waals surface area contributed by atoms with Gasteiger partial charge in [0.15, 0.2) is 5.75 Å². The molecular weight excluding hydrogens is 173 g/mol. The van der Waals surface area contributed by atoms with E-state index in [-0.39, 0.29) is 17.4 Å². The normalized spacial score (nSPS) is 10.5. The minimum Gasteiger partial charge on any atom is -0.491 e.